The summed E-state index contributed by atoms with van der Waals surface area (Å²) in [6.07, 6.45) is 0.281. The maximum Gasteiger partial charge on any atom is 0.407 e. The van der Waals surface area contributed by atoms with Crippen LogP contribution in [0, 0.1) is 11.3 Å². The van der Waals surface area contributed by atoms with Crippen molar-refractivity contribution in [2.75, 3.05) is 19.6 Å². The first-order valence-corrected chi connectivity index (χ1v) is 7.90. The summed E-state index contributed by atoms with van der Waals surface area (Å²) in [5.41, 5.74) is 0.0731. The molecule has 0 radical (unpaired) electrons. The molecule has 1 N–H and O–H groups in total. The fourth-order valence-corrected chi connectivity index (χ4v) is 3.76. The molecule has 1 unspecified atom stereocenters. The van der Waals surface area contributed by atoms with Gasteiger partial charge in [0.2, 0.25) is 0 Å². The Morgan fingerprint density at radius 2 is 1.71 bits per heavy atom. The van der Waals surface area contributed by atoms with Gasteiger partial charge in [0, 0.05) is 25.0 Å². The van der Waals surface area contributed by atoms with E-state index < -0.39 is 29.2 Å². The lowest BCUT2D eigenvalue weighted by atomic mass is 9.85. The Balaban J connectivity index is 1.59. The molecule has 1 saturated heterocycles. The first kappa shape index (κ1) is 14.9. The lowest BCUT2D eigenvalue weighted by molar-refractivity contribution is -0.132. The van der Waals surface area contributed by atoms with Gasteiger partial charge in [-0.25, -0.2) is 4.79 Å². The number of carbonyl (C=O) groups excluding carboxylic acids is 3. The molecule has 2 fully saturated rings. The van der Waals surface area contributed by atoms with Crippen molar-refractivity contribution in [1.29, 1.82) is 0 Å². The SMILES string of the molecule is O=C(O)N1CC(CN2C(=O)c3ccccc3C2=O)C(=O)C2(CC2)C1. The number of imide groups is 1. The number of ketones is 1. The molecule has 124 valence electrons. The first-order chi connectivity index (χ1) is 11.4. The van der Waals surface area contributed by atoms with E-state index in [-0.39, 0.29) is 25.4 Å². The number of piperidine rings is 1. The number of carboxylic acid groups (broad SMARTS) is 1. The zero-order valence-electron chi connectivity index (χ0n) is 12.9. The Morgan fingerprint density at radius 1 is 1.12 bits per heavy atom. The molecule has 1 aromatic rings. The fourth-order valence-electron chi connectivity index (χ4n) is 3.76. The number of rotatable bonds is 2. The van der Waals surface area contributed by atoms with E-state index in [1.807, 2.05) is 0 Å². The highest BCUT2D eigenvalue weighted by atomic mass is 16.4. The van der Waals surface area contributed by atoms with Crippen molar-refractivity contribution in [2.24, 2.45) is 11.3 Å². The molecule has 3 aliphatic rings. The van der Waals surface area contributed by atoms with Gasteiger partial charge < -0.3 is 10.0 Å². The average molecular weight is 328 g/mol. The van der Waals surface area contributed by atoms with Crippen molar-refractivity contribution in [1.82, 2.24) is 9.80 Å². The fraction of sp³-hybridized carbons (Fsp3) is 0.412. The zero-order valence-corrected chi connectivity index (χ0v) is 12.9. The second-order valence-corrected chi connectivity index (χ2v) is 6.77. The summed E-state index contributed by atoms with van der Waals surface area (Å²) in [4.78, 5) is 51.2. The Morgan fingerprint density at radius 3 is 2.21 bits per heavy atom. The molecular formula is C17H16N2O5. The van der Waals surface area contributed by atoms with Gasteiger partial charge in [0.15, 0.2) is 0 Å². The van der Waals surface area contributed by atoms with Gasteiger partial charge >= 0.3 is 6.09 Å². The van der Waals surface area contributed by atoms with Crippen LogP contribution in [0.15, 0.2) is 24.3 Å². The number of amides is 3. The van der Waals surface area contributed by atoms with Crippen LogP contribution in [0.1, 0.15) is 33.6 Å². The van der Waals surface area contributed by atoms with E-state index in [0.717, 1.165) is 4.90 Å². The third-order valence-corrected chi connectivity index (χ3v) is 5.23. The minimum absolute atomic E-state index is 0.0171. The lowest BCUT2D eigenvalue weighted by Crippen LogP contribution is -2.53. The van der Waals surface area contributed by atoms with Gasteiger partial charge in [0.05, 0.1) is 17.0 Å². The van der Waals surface area contributed by atoms with E-state index >= 15 is 0 Å². The molecule has 3 amide bonds. The van der Waals surface area contributed by atoms with Gasteiger partial charge in [0.1, 0.15) is 5.78 Å². The molecule has 1 aliphatic carbocycles. The largest absolute Gasteiger partial charge is 0.465 e. The van der Waals surface area contributed by atoms with Crippen molar-refractivity contribution in [3.63, 3.8) is 0 Å². The van der Waals surface area contributed by atoms with E-state index in [4.69, 9.17) is 0 Å². The Labute approximate surface area is 137 Å². The highest BCUT2D eigenvalue weighted by Crippen LogP contribution is 2.51. The van der Waals surface area contributed by atoms with Crippen molar-refractivity contribution >= 4 is 23.7 Å². The van der Waals surface area contributed by atoms with Crippen LogP contribution in [0.3, 0.4) is 0 Å². The minimum atomic E-state index is -1.07. The third-order valence-electron chi connectivity index (χ3n) is 5.23. The number of hydrogen-bond acceptors (Lipinski definition) is 4. The zero-order chi connectivity index (χ0) is 17.1. The van der Waals surface area contributed by atoms with Gasteiger partial charge in [-0.3, -0.25) is 19.3 Å². The molecule has 0 aromatic heterocycles. The number of carbonyl (C=O) groups is 4. The predicted octanol–water partition coefficient (Wildman–Crippen LogP) is 1.24. The molecule has 7 heteroatoms. The summed E-state index contributed by atoms with van der Waals surface area (Å²) in [5.74, 6) is -1.50. The molecule has 1 aromatic carbocycles. The van der Waals surface area contributed by atoms with Gasteiger partial charge in [-0.1, -0.05) is 12.1 Å². The third kappa shape index (κ3) is 2.04. The van der Waals surface area contributed by atoms with Gasteiger partial charge in [-0.2, -0.15) is 0 Å². The predicted molar refractivity (Wildman–Crippen MR) is 81.6 cm³/mol. The Bertz CT molecular complexity index is 748. The van der Waals surface area contributed by atoms with Crippen molar-refractivity contribution in [3.8, 4) is 0 Å². The summed E-state index contributed by atoms with van der Waals surface area (Å²) in [5, 5.41) is 9.28. The highest BCUT2D eigenvalue weighted by molar-refractivity contribution is 6.21. The lowest BCUT2D eigenvalue weighted by Gasteiger charge is -2.36. The van der Waals surface area contributed by atoms with E-state index in [1.165, 1.54) is 4.90 Å². The van der Waals surface area contributed by atoms with Crippen LogP contribution in [0.5, 0.6) is 0 Å². The molecule has 2 heterocycles. The second kappa shape index (κ2) is 4.90. The molecule has 1 saturated carbocycles. The summed E-state index contributed by atoms with van der Waals surface area (Å²) >= 11 is 0. The molecule has 1 atom stereocenters. The summed E-state index contributed by atoms with van der Waals surface area (Å²) < 4.78 is 0. The van der Waals surface area contributed by atoms with E-state index in [0.29, 0.717) is 24.0 Å². The Hall–Kier alpha value is -2.70. The number of hydrogen-bond donors (Lipinski definition) is 1. The van der Waals surface area contributed by atoms with Gasteiger partial charge in [-0.15, -0.1) is 0 Å². The van der Waals surface area contributed by atoms with E-state index in [1.54, 1.807) is 24.3 Å². The van der Waals surface area contributed by atoms with Crippen LogP contribution in [0.25, 0.3) is 0 Å². The Kier molecular flexibility index (Phi) is 3.03. The highest BCUT2D eigenvalue weighted by Gasteiger charge is 2.57. The smallest absolute Gasteiger partial charge is 0.407 e. The van der Waals surface area contributed by atoms with Crippen molar-refractivity contribution < 1.29 is 24.3 Å². The maximum absolute atomic E-state index is 12.7. The van der Waals surface area contributed by atoms with Crippen LogP contribution in [0.4, 0.5) is 4.79 Å². The second-order valence-electron chi connectivity index (χ2n) is 6.77. The molecule has 2 aliphatic heterocycles. The minimum Gasteiger partial charge on any atom is -0.465 e. The number of benzene rings is 1. The maximum atomic E-state index is 12.7. The normalized spacial score (nSPS) is 24.5. The average Bonchev–Trinajstić information content (AvgIpc) is 3.30. The molecule has 24 heavy (non-hydrogen) atoms. The van der Waals surface area contributed by atoms with Crippen LogP contribution in [0.2, 0.25) is 0 Å². The first-order valence-electron chi connectivity index (χ1n) is 7.90. The van der Waals surface area contributed by atoms with Gasteiger partial charge in [0.25, 0.3) is 11.8 Å². The van der Waals surface area contributed by atoms with Crippen molar-refractivity contribution in [2.45, 2.75) is 12.8 Å². The topological polar surface area (TPSA) is 95.0 Å². The van der Waals surface area contributed by atoms with Crippen LogP contribution in [-0.2, 0) is 4.79 Å². The summed E-state index contributed by atoms with van der Waals surface area (Å²) in [6, 6.07) is 6.55. The number of nitrogens with zero attached hydrogens (tertiary/aromatic N) is 2. The van der Waals surface area contributed by atoms with E-state index in [9.17, 15) is 24.3 Å². The molecule has 0 bridgehead atoms. The van der Waals surface area contributed by atoms with Crippen molar-refractivity contribution in [3.05, 3.63) is 35.4 Å². The van der Waals surface area contributed by atoms with Gasteiger partial charge in [-0.05, 0) is 25.0 Å². The molecule has 7 nitrogen and oxygen atoms in total. The quantitative estimate of drug-likeness (QED) is 0.824. The standard InChI is InChI=1S/C17H16N2O5/c20-13-10(7-18(16(23)24)9-17(13)5-6-17)8-19-14(21)11-3-1-2-4-12(11)15(19)22/h1-4,10H,5-9H2,(H,23,24). The van der Waals surface area contributed by atoms with E-state index in [2.05, 4.69) is 0 Å². The number of likely N-dealkylation sites (tertiary alicyclic amines) is 1. The van der Waals surface area contributed by atoms with Crippen LogP contribution in [-0.4, -0.2) is 58.2 Å². The van der Waals surface area contributed by atoms with Crippen LogP contribution < -0.4 is 0 Å². The molecular weight excluding hydrogens is 312 g/mol. The summed E-state index contributed by atoms with van der Waals surface area (Å²) in [6.45, 7) is 0.194. The number of fused-ring (bicyclic) bond motifs is 1. The number of Topliss-reactive ketones (excluding diaryl/α,β-unsaturated/α-hetero) is 1. The molecule has 4 rings (SSSR count). The molecule has 1 spiro atoms. The summed E-state index contributed by atoms with van der Waals surface area (Å²) in [7, 11) is 0. The monoisotopic (exact) mass is 328 g/mol. The van der Waals surface area contributed by atoms with Crippen LogP contribution >= 0.6 is 0 Å².